The van der Waals surface area contributed by atoms with Crippen LogP contribution in [-0.4, -0.2) is 25.5 Å². The van der Waals surface area contributed by atoms with Gasteiger partial charge < -0.3 is 5.11 Å². The molecule has 5 heteroatoms. The Labute approximate surface area is 124 Å². The van der Waals surface area contributed by atoms with E-state index in [9.17, 15) is 9.50 Å². The SMILES string of the molecule is CC(C)Cn1ncnc1CC(C)(O)Cc1ccccc1F. The van der Waals surface area contributed by atoms with Crippen LogP contribution in [-0.2, 0) is 19.4 Å². The fourth-order valence-electron chi connectivity index (χ4n) is 2.38. The van der Waals surface area contributed by atoms with Crippen molar-refractivity contribution in [2.45, 2.75) is 45.8 Å². The first-order valence-corrected chi connectivity index (χ1v) is 7.20. The molecule has 2 rings (SSSR count). The van der Waals surface area contributed by atoms with E-state index in [0.29, 0.717) is 17.9 Å². The van der Waals surface area contributed by atoms with Crippen molar-refractivity contribution in [1.29, 1.82) is 0 Å². The Bertz CT molecular complexity index is 593. The Morgan fingerprint density at radius 3 is 2.67 bits per heavy atom. The van der Waals surface area contributed by atoms with Crippen molar-refractivity contribution in [3.05, 3.63) is 47.8 Å². The number of hydrogen-bond donors (Lipinski definition) is 1. The van der Waals surface area contributed by atoms with Crippen molar-refractivity contribution in [2.24, 2.45) is 5.92 Å². The smallest absolute Gasteiger partial charge is 0.138 e. The zero-order chi connectivity index (χ0) is 15.5. The fraction of sp³-hybridized carbons (Fsp3) is 0.500. The van der Waals surface area contributed by atoms with Crippen molar-refractivity contribution >= 4 is 0 Å². The van der Waals surface area contributed by atoms with E-state index in [1.165, 1.54) is 12.4 Å². The molecule has 2 aromatic rings. The van der Waals surface area contributed by atoms with E-state index in [1.807, 2.05) is 0 Å². The van der Waals surface area contributed by atoms with Crippen LogP contribution in [0.3, 0.4) is 0 Å². The molecule has 1 N–H and O–H groups in total. The van der Waals surface area contributed by atoms with Crippen molar-refractivity contribution in [2.75, 3.05) is 0 Å². The van der Waals surface area contributed by atoms with E-state index in [2.05, 4.69) is 23.9 Å². The van der Waals surface area contributed by atoms with Gasteiger partial charge in [-0.1, -0.05) is 32.0 Å². The number of nitrogens with zero attached hydrogens (tertiary/aromatic N) is 3. The number of rotatable bonds is 6. The monoisotopic (exact) mass is 291 g/mol. The van der Waals surface area contributed by atoms with Crippen LogP contribution in [0.15, 0.2) is 30.6 Å². The topological polar surface area (TPSA) is 50.9 Å². The van der Waals surface area contributed by atoms with Gasteiger partial charge in [-0.2, -0.15) is 5.10 Å². The average molecular weight is 291 g/mol. The minimum absolute atomic E-state index is 0.244. The van der Waals surface area contributed by atoms with Gasteiger partial charge in [-0.3, -0.25) is 0 Å². The quantitative estimate of drug-likeness (QED) is 0.890. The molecule has 1 atom stereocenters. The third-order valence-electron chi connectivity index (χ3n) is 3.30. The molecule has 1 aromatic carbocycles. The summed E-state index contributed by atoms with van der Waals surface area (Å²) in [6.45, 7) is 6.66. The van der Waals surface area contributed by atoms with Crippen LogP contribution in [0.25, 0.3) is 0 Å². The highest BCUT2D eigenvalue weighted by Gasteiger charge is 2.25. The van der Waals surface area contributed by atoms with Crippen molar-refractivity contribution in [3.63, 3.8) is 0 Å². The number of aliphatic hydroxyl groups is 1. The van der Waals surface area contributed by atoms with Crippen LogP contribution in [0.1, 0.15) is 32.2 Å². The number of aromatic nitrogens is 3. The summed E-state index contributed by atoms with van der Waals surface area (Å²) in [7, 11) is 0. The first-order valence-electron chi connectivity index (χ1n) is 7.20. The molecule has 1 aromatic heterocycles. The third-order valence-corrected chi connectivity index (χ3v) is 3.30. The Hall–Kier alpha value is -1.75. The van der Waals surface area contributed by atoms with Crippen LogP contribution < -0.4 is 0 Å². The predicted octanol–water partition coefficient (Wildman–Crippen LogP) is 2.61. The number of benzene rings is 1. The zero-order valence-corrected chi connectivity index (χ0v) is 12.8. The molecule has 114 valence electrons. The van der Waals surface area contributed by atoms with Crippen LogP contribution in [0, 0.1) is 11.7 Å². The molecule has 4 nitrogen and oxygen atoms in total. The molecule has 0 fully saturated rings. The summed E-state index contributed by atoms with van der Waals surface area (Å²) in [4.78, 5) is 4.22. The average Bonchev–Trinajstić information content (AvgIpc) is 2.78. The second-order valence-corrected chi connectivity index (χ2v) is 6.19. The van der Waals surface area contributed by atoms with Crippen LogP contribution in [0.2, 0.25) is 0 Å². The van der Waals surface area contributed by atoms with Gasteiger partial charge in [-0.25, -0.2) is 14.1 Å². The van der Waals surface area contributed by atoms with Crippen LogP contribution >= 0.6 is 0 Å². The maximum Gasteiger partial charge on any atom is 0.138 e. The van der Waals surface area contributed by atoms with E-state index < -0.39 is 5.60 Å². The molecule has 1 unspecified atom stereocenters. The lowest BCUT2D eigenvalue weighted by Gasteiger charge is -2.23. The summed E-state index contributed by atoms with van der Waals surface area (Å²) in [5.41, 5.74) is -0.554. The number of hydrogen-bond acceptors (Lipinski definition) is 3. The summed E-state index contributed by atoms with van der Waals surface area (Å²) < 4.78 is 15.5. The van der Waals surface area contributed by atoms with Gasteiger partial charge in [0, 0.05) is 19.4 Å². The molecule has 0 aliphatic heterocycles. The summed E-state index contributed by atoms with van der Waals surface area (Å²) >= 11 is 0. The minimum Gasteiger partial charge on any atom is -0.389 e. The molecule has 0 radical (unpaired) electrons. The van der Waals surface area contributed by atoms with Gasteiger partial charge in [0.25, 0.3) is 0 Å². The highest BCUT2D eigenvalue weighted by atomic mass is 19.1. The van der Waals surface area contributed by atoms with Gasteiger partial charge in [0.15, 0.2) is 0 Å². The lowest BCUT2D eigenvalue weighted by molar-refractivity contribution is 0.0564. The highest BCUT2D eigenvalue weighted by molar-refractivity contribution is 5.19. The van der Waals surface area contributed by atoms with Crippen molar-refractivity contribution in [1.82, 2.24) is 14.8 Å². The van der Waals surface area contributed by atoms with Crippen LogP contribution in [0.5, 0.6) is 0 Å². The standard InChI is InChI=1S/C16H22FN3O/c1-12(2)10-20-15(18-11-19-20)9-16(3,21)8-13-6-4-5-7-14(13)17/h4-7,11-12,21H,8-10H2,1-3H3. The summed E-state index contributed by atoms with van der Waals surface area (Å²) in [6.07, 6.45) is 2.08. The molecule has 0 saturated heterocycles. The van der Waals surface area contributed by atoms with E-state index in [4.69, 9.17) is 0 Å². The second kappa shape index (κ2) is 6.35. The van der Waals surface area contributed by atoms with Crippen molar-refractivity contribution in [3.8, 4) is 0 Å². The van der Waals surface area contributed by atoms with Gasteiger partial charge in [0.05, 0.1) is 5.60 Å². The molecule has 0 aliphatic carbocycles. The van der Waals surface area contributed by atoms with Gasteiger partial charge in [-0.15, -0.1) is 0 Å². The predicted molar refractivity (Wildman–Crippen MR) is 79.3 cm³/mol. The van der Waals surface area contributed by atoms with E-state index in [0.717, 1.165) is 12.4 Å². The maximum atomic E-state index is 13.7. The molecule has 0 spiro atoms. The molecule has 0 amide bonds. The Morgan fingerprint density at radius 2 is 2.00 bits per heavy atom. The molecular formula is C16H22FN3O. The van der Waals surface area contributed by atoms with E-state index >= 15 is 0 Å². The maximum absolute atomic E-state index is 13.7. The van der Waals surface area contributed by atoms with Crippen LogP contribution in [0.4, 0.5) is 4.39 Å². The first kappa shape index (κ1) is 15.6. The Balaban J connectivity index is 2.11. The normalized spacial score (nSPS) is 14.4. The molecule has 0 saturated carbocycles. The molecule has 0 bridgehead atoms. The van der Waals surface area contributed by atoms with Gasteiger partial charge in [-0.05, 0) is 24.5 Å². The zero-order valence-electron chi connectivity index (χ0n) is 12.8. The Morgan fingerprint density at radius 1 is 1.29 bits per heavy atom. The molecular weight excluding hydrogens is 269 g/mol. The summed E-state index contributed by atoms with van der Waals surface area (Å²) in [5.74, 6) is 0.883. The largest absolute Gasteiger partial charge is 0.389 e. The lowest BCUT2D eigenvalue weighted by Crippen LogP contribution is -2.32. The number of halogens is 1. The van der Waals surface area contributed by atoms with Gasteiger partial charge in [0.1, 0.15) is 18.0 Å². The molecule has 0 aliphatic rings. The highest BCUT2D eigenvalue weighted by Crippen LogP contribution is 2.20. The summed E-state index contributed by atoms with van der Waals surface area (Å²) in [5, 5.41) is 14.8. The Kier molecular flexibility index (Phi) is 4.73. The van der Waals surface area contributed by atoms with Crippen molar-refractivity contribution < 1.29 is 9.50 Å². The minimum atomic E-state index is -1.07. The van der Waals surface area contributed by atoms with Gasteiger partial charge >= 0.3 is 0 Å². The lowest BCUT2D eigenvalue weighted by atomic mass is 9.92. The third kappa shape index (κ3) is 4.36. The second-order valence-electron chi connectivity index (χ2n) is 6.19. The molecule has 1 heterocycles. The van der Waals surface area contributed by atoms with E-state index in [-0.39, 0.29) is 12.2 Å². The first-order chi connectivity index (χ1) is 9.87. The molecule has 21 heavy (non-hydrogen) atoms. The van der Waals surface area contributed by atoms with Gasteiger partial charge in [0.2, 0.25) is 0 Å². The van der Waals surface area contributed by atoms with E-state index in [1.54, 1.807) is 29.8 Å². The summed E-state index contributed by atoms with van der Waals surface area (Å²) in [6, 6.07) is 6.53. The fourth-order valence-corrected chi connectivity index (χ4v) is 2.38.